The molecule has 0 bridgehead atoms. The van der Waals surface area contributed by atoms with Gasteiger partial charge in [0.15, 0.2) is 0 Å². The Labute approximate surface area is 124 Å². The molecule has 21 heavy (non-hydrogen) atoms. The minimum Gasteiger partial charge on any atom is -0.370 e. The number of amides is 1. The van der Waals surface area contributed by atoms with E-state index in [9.17, 15) is 14.9 Å². The Bertz CT molecular complexity index is 529. The van der Waals surface area contributed by atoms with Crippen LogP contribution < -0.4 is 10.6 Å². The van der Waals surface area contributed by atoms with Crippen molar-refractivity contribution in [3.05, 3.63) is 27.9 Å². The van der Waals surface area contributed by atoms with Crippen LogP contribution in [0.2, 0.25) is 0 Å². The molecular formula is C14H22N4O3. The van der Waals surface area contributed by atoms with Crippen molar-refractivity contribution in [1.82, 2.24) is 10.3 Å². The highest BCUT2D eigenvalue weighted by atomic mass is 16.6. The van der Waals surface area contributed by atoms with E-state index in [0.717, 1.165) is 12.6 Å². The van der Waals surface area contributed by atoms with Gasteiger partial charge >= 0.3 is 0 Å². The molecule has 1 aromatic heterocycles. The van der Waals surface area contributed by atoms with Crippen LogP contribution >= 0.6 is 0 Å². The molecule has 0 spiro atoms. The number of carbonyl (C=O) groups is 1. The first kappa shape index (κ1) is 16.9. The number of anilines is 1. The SMILES string of the molecule is CCNc1cc(C(=O)NCC(C)(C)CC)c([N+](=O)[O-])cn1. The molecule has 116 valence electrons. The van der Waals surface area contributed by atoms with Gasteiger partial charge in [-0.3, -0.25) is 14.9 Å². The fraction of sp³-hybridized carbons (Fsp3) is 0.571. The molecule has 0 aliphatic carbocycles. The highest BCUT2D eigenvalue weighted by Gasteiger charge is 2.23. The monoisotopic (exact) mass is 294 g/mol. The first-order chi connectivity index (χ1) is 9.80. The lowest BCUT2D eigenvalue weighted by molar-refractivity contribution is -0.385. The predicted molar refractivity (Wildman–Crippen MR) is 81.5 cm³/mol. The van der Waals surface area contributed by atoms with Gasteiger partial charge < -0.3 is 10.6 Å². The normalized spacial score (nSPS) is 11.0. The maximum absolute atomic E-state index is 12.2. The van der Waals surface area contributed by atoms with E-state index < -0.39 is 10.8 Å². The van der Waals surface area contributed by atoms with E-state index >= 15 is 0 Å². The molecule has 0 saturated heterocycles. The van der Waals surface area contributed by atoms with Crippen LogP contribution in [-0.2, 0) is 0 Å². The van der Waals surface area contributed by atoms with Gasteiger partial charge in [0.25, 0.3) is 11.6 Å². The maximum atomic E-state index is 12.2. The molecule has 0 aromatic carbocycles. The molecule has 1 amide bonds. The molecule has 0 atom stereocenters. The Kier molecular flexibility index (Phi) is 5.63. The van der Waals surface area contributed by atoms with Crippen LogP contribution in [0, 0.1) is 15.5 Å². The molecule has 1 aromatic rings. The van der Waals surface area contributed by atoms with Gasteiger partial charge in [0, 0.05) is 19.2 Å². The lowest BCUT2D eigenvalue weighted by Crippen LogP contribution is -2.34. The summed E-state index contributed by atoms with van der Waals surface area (Å²) in [6, 6.07) is 1.41. The third-order valence-corrected chi connectivity index (χ3v) is 3.37. The van der Waals surface area contributed by atoms with Crippen LogP contribution in [0.4, 0.5) is 11.5 Å². The second kappa shape index (κ2) is 7.01. The fourth-order valence-electron chi connectivity index (χ4n) is 1.59. The lowest BCUT2D eigenvalue weighted by Gasteiger charge is -2.22. The molecular weight excluding hydrogens is 272 g/mol. The van der Waals surface area contributed by atoms with E-state index in [1.165, 1.54) is 6.07 Å². The number of hydrogen-bond acceptors (Lipinski definition) is 5. The molecule has 1 rings (SSSR count). The van der Waals surface area contributed by atoms with Gasteiger partial charge in [0.05, 0.1) is 4.92 Å². The summed E-state index contributed by atoms with van der Waals surface area (Å²) in [6.07, 6.45) is 2.01. The average molecular weight is 294 g/mol. The minimum absolute atomic E-state index is 0.0258. The Balaban J connectivity index is 2.99. The number of carbonyl (C=O) groups excluding carboxylic acids is 1. The number of nitrogens with one attached hydrogen (secondary N) is 2. The van der Waals surface area contributed by atoms with E-state index in [1.807, 2.05) is 27.7 Å². The van der Waals surface area contributed by atoms with Crippen LogP contribution in [-0.4, -0.2) is 28.9 Å². The Morgan fingerprint density at radius 2 is 2.10 bits per heavy atom. The number of hydrogen-bond donors (Lipinski definition) is 2. The lowest BCUT2D eigenvalue weighted by atomic mass is 9.90. The molecule has 0 unspecified atom stereocenters. The number of rotatable bonds is 7. The van der Waals surface area contributed by atoms with E-state index in [2.05, 4.69) is 15.6 Å². The largest absolute Gasteiger partial charge is 0.370 e. The zero-order valence-corrected chi connectivity index (χ0v) is 12.9. The molecule has 2 N–H and O–H groups in total. The molecule has 0 aliphatic rings. The standard InChI is InChI=1S/C14H22N4O3/c1-5-14(3,4)9-17-13(19)10-7-12(15-6-2)16-8-11(10)18(20)21/h7-8H,5-6,9H2,1-4H3,(H,15,16)(H,17,19). The summed E-state index contributed by atoms with van der Waals surface area (Å²) in [7, 11) is 0. The van der Waals surface area contributed by atoms with Crippen molar-refractivity contribution >= 4 is 17.4 Å². The van der Waals surface area contributed by atoms with E-state index in [0.29, 0.717) is 18.9 Å². The summed E-state index contributed by atoms with van der Waals surface area (Å²) < 4.78 is 0. The van der Waals surface area contributed by atoms with Gasteiger partial charge in [-0.2, -0.15) is 0 Å². The minimum atomic E-state index is -0.595. The third kappa shape index (κ3) is 4.70. The summed E-state index contributed by atoms with van der Waals surface area (Å²) in [5.41, 5.74) is -0.316. The van der Waals surface area contributed by atoms with Gasteiger partial charge in [-0.25, -0.2) is 4.98 Å². The molecule has 0 aliphatic heterocycles. The Hall–Kier alpha value is -2.18. The second-order valence-corrected chi connectivity index (χ2v) is 5.57. The summed E-state index contributed by atoms with van der Waals surface area (Å²) in [5, 5.41) is 16.7. The number of aromatic nitrogens is 1. The predicted octanol–water partition coefficient (Wildman–Crippen LogP) is 2.59. The van der Waals surface area contributed by atoms with Crippen LogP contribution in [0.3, 0.4) is 0 Å². The Morgan fingerprint density at radius 1 is 1.43 bits per heavy atom. The van der Waals surface area contributed by atoms with Crippen molar-refractivity contribution in [1.29, 1.82) is 0 Å². The molecule has 1 heterocycles. The first-order valence-electron chi connectivity index (χ1n) is 6.97. The summed E-state index contributed by atoms with van der Waals surface area (Å²) in [6.45, 7) is 9.04. The number of pyridine rings is 1. The summed E-state index contributed by atoms with van der Waals surface area (Å²) >= 11 is 0. The quantitative estimate of drug-likeness (QED) is 0.595. The van der Waals surface area contributed by atoms with Gasteiger partial charge in [-0.15, -0.1) is 0 Å². The van der Waals surface area contributed by atoms with Crippen molar-refractivity contribution in [3.63, 3.8) is 0 Å². The van der Waals surface area contributed by atoms with Gasteiger partial charge in [0.2, 0.25) is 0 Å². The molecule has 0 saturated carbocycles. The van der Waals surface area contributed by atoms with Crippen molar-refractivity contribution in [3.8, 4) is 0 Å². The summed E-state index contributed by atoms with van der Waals surface area (Å²) in [4.78, 5) is 26.6. The van der Waals surface area contributed by atoms with Crippen molar-refractivity contribution < 1.29 is 9.72 Å². The van der Waals surface area contributed by atoms with Crippen LogP contribution in [0.15, 0.2) is 12.3 Å². The molecule has 0 fully saturated rings. The Morgan fingerprint density at radius 3 is 2.62 bits per heavy atom. The van der Waals surface area contributed by atoms with Gasteiger partial charge in [-0.1, -0.05) is 20.8 Å². The van der Waals surface area contributed by atoms with Crippen LogP contribution in [0.5, 0.6) is 0 Å². The zero-order chi connectivity index (χ0) is 16.0. The fourth-order valence-corrected chi connectivity index (χ4v) is 1.59. The second-order valence-electron chi connectivity index (χ2n) is 5.57. The van der Waals surface area contributed by atoms with Crippen molar-refractivity contribution in [2.45, 2.75) is 34.1 Å². The van der Waals surface area contributed by atoms with Crippen LogP contribution in [0.25, 0.3) is 0 Å². The third-order valence-electron chi connectivity index (χ3n) is 3.37. The van der Waals surface area contributed by atoms with E-state index in [4.69, 9.17) is 0 Å². The van der Waals surface area contributed by atoms with Gasteiger partial charge in [-0.05, 0) is 18.8 Å². The van der Waals surface area contributed by atoms with Crippen molar-refractivity contribution in [2.75, 3.05) is 18.4 Å². The smallest absolute Gasteiger partial charge is 0.300 e. The highest BCUT2D eigenvalue weighted by Crippen LogP contribution is 2.22. The maximum Gasteiger partial charge on any atom is 0.300 e. The number of nitro groups is 1. The van der Waals surface area contributed by atoms with Crippen LogP contribution in [0.1, 0.15) is 44.5 Å². The topological polar surface area (TPSA) is 97.2 Å². The average Bonchev–Trinajstić information content (AvgIpc) is 2.45. The molecule has 0 radical (unpaired) electrons. The zero-order valence-electron chi connectivity index (χ0n) is 12.9. The van der Waals surface area contributed by atoms with E-state index in [1.54, 1.807) is 0 Å². The molecule has 7 heteroatoms. The van der Waals surface area contributed by atoms with Crippen molar-refractivity contribution in [2.24, 2.45) is 5.41 Å². The number of nitrogens with zero attached hydrogens (tertiary/aromatic N) is 2. The van der Waals surface area contributed by atoms with E-state index in [-0.39, 0.29) is 16.7 Å². The first-order valence-corrected chi connectivity index (χ1v) is 6.97. The molecule has 7 nitrogen and oxygen atoms in total. The highest BCUT2D eigenvalue weighted by molar-refractivity contribution is 5.98. The summed E-state index contributed by atoms with van der Waals surface area (Å²) in [5.74, 6) is -0.00669. The van der Waals surface area contributed by atoms with Gasteiger partial charge in [0.1, 0.15) is 17.6 Å².